The first-order valence-electron chi connectivity index (χ1n) is 7.81. The zero-order chi connectivity index (χ0) is 15.6. The van der Waals surface area contributed by atoms with Crippen molar-refractivity contribution in [3.63, 3.8) is 0 Å². The largest absolute Gasteiger partial charge is 0.370 e. The molecule has 1 aromatic carbocycles. The predicted molar refractivity (Wildman–Crippen MR) is 90.1 cm³/mol. The van der Waals surface area contributed by atoms with E-state index >= 15 is 0 Å². The van der Waals surface area contributed by atoms with Crippen molar-refractivity contribution in [1.29, 1.82) is 0 Å². The maximum Gasteiger partial charge on any atom is 0.251 e. The first-order chi connectivity index (χ1) is 10.8. The molecule has 22 heavy (non-hydrogen) atoms. The van der Waals surface area contributed by atoms with Gasteiger partial charge in [-0.25, -0.2) is 4.98 Å². The van der Waals surface area contributed by atoms with Crippen molar-refractivity contribution in [2.45, 2.75) is 26.2 Å². The van der Waals surface area contributed by atoms with E-state index in [9.17, 15) is 4.79 Å². The normalized spacial score (nSPS) is 10.2. The molecule has 1 amide bonds. The van der Waals surface area contributed by atoms with E-state index in [1.165, 1.54) is 5.56 Å². The molecule has 2 aromatic rings. The van der Waals surface area contributed by atoms with Gasteiger partial charge in [-0.05, 0) is 37.0 Å². The summed E-state index contributed by atoms with van der Waals surface area (Å²) in [7, 11) is 0. The Morgan fingerprint density at radius 2 is 1.95 bits per heavy atom. The highest BCUT2D eigenvalue weighted by Crippen LogP contribution is 2.08. The summed E-state index contributed by atoms with van der Waals surface area (Å²) < 4.78 is 0. The fourth-order valence-corrected chi connectivity index (χ4v) is 2.16. The van der Waals surface area contributed by atoms with Crippen molar-refractivity contribution in [1.82, 2.24) is 10.3 Å². The molecule has 0 atom stereocenters. The SMILES string of the molecule is CCCNC(=O)c1ccnc(NCCCc2ccccc2)c1. The van der Waals surface area contributed by atoms with E-state index in [0.717, 1.165) is 31.6 Å². The molecule has 0 fully saturated rings. The van der Waals surface area contributed by atoms with Gasteiger partial charge in [0.25, 0.3) is 5.91 Å². The van der Waals surface area contributed by atoms with Crippen LogP contribution in [-0.2, 0) is 6.42 Å². The average Bonchev–Trinajstić information content (AvgIpc) is 2.58. The number of hydrogen-bond acceptors (Lipinski definition) is 3. The van der Waals surface area contributed by atoms with Crippen molar-refractivity contribution in [3.8, 4) is 0 Å². The van der Waals surface area contributed by atoms with Gasteiger partial charge in [0.05, 0.1) is 0 Å². The van der Waals surface area contributed by atoms with Gasteiger partial charge < -0.3 is 10.6 Å². The highest BCUT2D eigenvalue weighted by atomic mass is 16.1. The zero-order valence-corrected chi connectivity index (χ0v) is 13.0. The molecule has 0 bridgehead atoms. The Balaban J connectivity index is 1.79. The fourth-order valence-electron chi connectivity index (χ4n) is 2.16. The van der Waals surface area contributed by atoms with E-state index in [1.807, 2.05) is 13.0 Å². The van der Waals surface area contributed by atoms with Gasteiger partial charge in [-0.3, -0.25) is 4.79 Å². The van der Waals surface area contributed by atoms with Crippen LogP contribution in [0.3, 0.4) is 0 Å². The first kappa shape index (κ1) is 16.0. The van der Waals surface area contributed by atoms with Gasteiger partial charge in [-0.1, -0.05) is 37.3 Å². The Hall–Kier alpha value is -2.36. The monoisotopic (exact) mass is 297 g/mol. The van der Waals surface area contributed by atoms with Gasteiger partial charge >= 0.3 is 0 Å². The first-order valence-corrected chi connectivity index (χ1v) is 7.81. The van der Waals surface area contributed by atoms with E-state index in [1.54, 1.807) is 18.3 Å². The molecule has 0 spiro atoms. The Labute approximate surface area is 132 Å². The molecular formula is C18H23N3O. The minimum atomic E-state index is -0.0448. The summed E-state index contributed by atoms with van der Waals surface area (Å²) in [5, 5.41) is 6.15. The second-order valence-corrected chi connectivity index (χ2v) is 5.20. The average molecular weight is 297 g/mol. The highest BCUT2D eigenvalue weighted by molar-refractivity contribution is 5.94. The van der Waals surface area contributed by atoms with E-state index in [2.05, 4.69) is 39.9 Å². The van der Waals surface area contributed by atoms with Crippen molar-refractivity contribution in [2.24, 2.45) is 0 Å². The molecule has 0 radical (unpaired) electrons. The van der Waals surface area contributed by atoms with E-state index in [-0.39, 0.29) is 5.91 Å². The predicted octanol–water partition coefficient (Wildman–Crippen LogP) is 3.27. The Morgan fingerprint density at radius 3 is 2.73 bits per heavy atom. The van der Waals surface area contributed by atoms with Gasteiger partial charge in [0.15, 0.2) is 0 Å². The van der Waals surface area contributed by atoms with Gasteiger partial charge in [-0.2, -0.15) is 0 Å². The zero-order valence-electron chi connectivity index (χ0n) is 13.0. The third kappa shape index (κ3) is 5.20. The van der Waals surface area contributed by atoms with Crippen LogP contribution in [0.1, 0.15) is 35.7 Å². The molecule has 0 aliphatic heterocycles. The van der Waals surface area contributed by atoms with Gasteiger partial charge in [0, 0.05) is 24.8 Å². The molecule has 2 N–H and O–H groups in total. The molecule has 4 heteroatoms. The number of carbonyl (C=O) groups is 1. The summed E-state index contributed by atoms with van der Waals surface area (Å²) in [6.45, 7) is 3.56. The smallest absolute Gasteiger partial charge is 0.251 e. The lowest BCUT2D eigenvalue weighted by Gasteiger charge is -2.08. The topological polar surface area (TPSA) is 54.0 Å². The van der Waals surface area contributed by atoms with Crippen LogP contribution in [0, 0.1) is 0 Å². The molecule has 0 saturated carbocycles. The lowest BCUT2D eigenvalue weighted by atomic mass is 10.1. The number of carbonyl (C=O) groups excluding carboxylic acids is 1. The summed E-state index contributed by atoms with van der Waals surface area (Å²) in [5.74, 6) is 0.703. The molecule has 0 aliphatic carbocycles. The van der Waals surface area contributed by atoms with Crippen LogP contribution in [0.25, 0.3) is 0 Å². The summed E-state index contributed by atoms with van der Waals surface area (Å²) in [6.07, 6.45) is 4.66. The molecular weight excluding hydrogens is 274 g/mol. The molecule has 4 nitrogen and oxygen atoms in total. The van der Waals surface area contributed by atoms with Crippen molar-refractivity contribution >= 4 is 11.7 Å². The van der Waals surface area contributed by atoms with Crippen LogP contribution in [0.4, 0.5) is 5.82 Å². The fraction of sp³-hybridized carbons (Fsp3) is 0.333. The molecule has 1 aromatic heterocycles. The minimum Gasteiger partial charge on any atom is -0.370 e. The van der Waals surface area contributed by atoms with Gasteiger partial charge in [0.2, 0.25) is 0 Å². The number of pyridine rings is 1. The Bertz CT molecular complexity index is 584. The third-order valence-corrected chi connectivity index (χ3v) is 3.35. The Kier molecular flexibility index (Phi) is 6.42. The summed E-state index contributed by atoms with van der Waals surface area (Å²) in [5.41, 5.74) is 1.99. The summed E-state index contributed by atoms with van der Waals surface area (Å²) >= 11 is 0. The molecule has 0 saturated heterocycles. The Morgan fingerprint density at radius 1 is 1.14 bits per heavy atom. The number of hydrogen-bond donors (Lipinski definition) is 2. The van der Waals surface area contributed by atoms with Crippen LogP contribution in [0.2, 0.25) is 0 Å². The number of aromatic nitrogens is 1. The standard InChI is InChI=1S/C18H23N3O/c1-2-11-21-18(22)16-10-13-20-17(14-16)19-12-6-9-15-7-4-3-5-8-15/h3-5,7-8,10,13-14H,2,6,9,11-12H2,1H3,(H,19,20)(H,21,22). The van der Waals surface area contributed by atoms with Gasteiger partial charge in [0.1, 0.15) is 5.82 Å². The summed E-state index contributed by atoms with van der Waals surface area (Å²) in [4.78, 5) is 16.2. The number of anilines is 1. The second kappa shape index (κ2) is 8.82. The quantitative estimate of drug-likeness (QED) is 0.735. The van der Waals surface area contributed by atoms with Crippen molar-refractivity contribution < 1.29 is 4.79 Å². The molecule has 0 aliphatic rings. The third-order valence-electron chi connectivity index (χ3n) is 3.35. The number of benzene rings is 1. The van der Waals surface area contributed by atoms with Gasteiger partial charge in [-0.15, -0.1) is 0 Å². The number of amides is 1. The number of rotatable bonds is 8. The number of nitrogens with one attached hydrogen (secondary N) is 2. The lowest BCUT2D eigenvalue weighted by Crippen LogP contribution is -2.24. The molecule has 2 rings (SSSR count). The molecule has 0 unspecified atom stereocenters. The lowest BCUT2D eigenvalue weighted by molar-refractivity contribution is 0.0953. The van der Waals surface area contributed by atoms with Crippen molar-refractivity contribution in [3.05, 3.63) is 59.8 Å². The van der Waals surface area contributed by atoms with E-state index < -0.39 is 0 Å². The highest BCUT2D eigenvalue weighted by Gasteiger charge is 2.05. The van der Waals surface area contributed by atoms with Crippen molar-refractivity contribution in [2.75, 3.05) is 18.4 Å². The minimum absolute atomic E-state index is 0.0448. The second-order valence-electron chi connectivity index (χ2n) is 5.20. The summed E-state index contributed by atoms with van der Waals surface area (Å²) in [6, 6.07) is 14.0. The van der Waals surface area contributed by atoms with E-state index in [0.29, 0.717) is 12.1 Å². The van der Waals surface area contributed by atoms with E-state index in [4.69, 9.17) is 0 Å². The van der Waals surface area contributed by atoms with Crippen LogP contribution in [-0.4, -0.2) is 24.0 Å². The number of nitrogens with zero attached hydrogens (tertiary/aromatic N) is 1. The number of aryl methyl sites for hydroxylation is 1. The molecule has 1 heterocycles. The van der Waals surface area contributed by atoms with Crippen LogP contribution >= 0.6 is 0 Å². The van der Waals surface area contributed by atoms with Crippen LogP contribution < -0.4 is 10.6 Å². The van der Waals surface area contributed by atoms with Crippen LogP contribution in [0.15, 0.2) is 48.7 Å². The maximum absolute atomic E-state index is 11.9. The maximum atomic E-state index is 11.9. The van der Waals surface area contributed by atoms with Crippen LogP contribution in [0.5, 0.6) is 0 Å². The molecule has 116 valence electrons.